The van der Waals surface area contributed by atoms with Crippen LogP contribution in [0.4, 0.5) is 0 Å². The molecule has 14 heavy (non-hydrogen) atoms. The molecular weight excluding hydrogens is 186 g/mol. The van der Waals surface area contributed by atoms with Crippen LogP contribution in [0.3, 0.4) is 0 Å². The number of carboxylic acid groups (broad SMARTS) is 1. The molecule has 81 valence electrons. The lowest BCUT2D eigenvalue weighted by Gasteiger charge is -2.28. The van der Waals surface area contributed by atoms with Gasteiger partial charge in [0.1, 0.15) is 6.54 Å². The third-order valence-electron chi connectivity index (χ3n) is 1.37. The summed E-state index contributed by atoms with van der Waals surface area (Å²) in [5.74, 6) is -1.83. The number of nitrogens with zero attached hydrogens (tertiary/aromatic N) is 1. The molecular formula is C9H16NO4. The number of aliphatic carboxylic acids is 1. The van der Waals surface area contributed by atoms with Crippen molar-refractivity contribution in [3.63, 3.8) is 0 Å². The number of carbonyl (C=O) groups is 2. The van der Waals surface area contributed by atoms with E-state index in [9.17, 15) is 14.7 Å². The summed E-state index contributed by atoms with van der Waals surface area (Å²) in [6, 6.07) is 0. The Labute approximate surface area is 83.9 Å². The number of carbonyl (C=O) groups excluding carboxylic acids is 2. The van der Waals surface area contributed by atoms with Gasteiger partial charge in [-0.2, -0.15) is 0 Å². The Morgan fingerprint density at radius 2 is 1.93 bits per heavy atom. The number of esters is 1. The minimum absolute atomic E-state index is 0.396. The van der Waals surface area contributed by atoms with E-state index >= 15 is 0 Å². The Morgan fingerprint density at radius 1 is 1.43 bits per heavy atom. The van der Waals surface area contributed by atoms with Gasteiger partial charge in [0.05, 0.1) is 27.6 Å². The van der Waals surface area contributed by atoms with Crippen LogP contribution < -0.4 is 5.11 Å². The first-order chi connectivity index (χ1) is 6.20. The van der Waals surface area contributed by atoms with Crippen molar-refractivity contribution >= 4 is 11.9 Å². The summed E-state index contributed by atoms with van der Waals surface area (Å²) in [4.78, 5) is 21.0. The van der Waals surface area contributed by atoms with Gasteiger partial charge in [0.2, 0.25) is 0 Å². The molecule has 0 amide bonds. The topological polar surface area (TPSA) is 66.4 Å². The molecule has 5 heteroatoms. The van der Waals surface area contributed by atoms with E-state index in [1.807, 2.05) is 21.1 Å². The normalized spacial score (nSPS) is 13.4. The highest BCUT2D eigenvalue weighted by atomic mass is 16.5. The van der Waals surface area contributed by atoms with Gasteiger partial charge in [-0.05, 0) is 0 Å². The van der Waals surface area contributed by atoms with Crippen molar-refractivity contribution in [2.24, 2.45) is 0 Å². The van der Waals surface area contributed by atoms with Crippen LogP contribution in [0.5, 0.6) is 0 Å². The molecule has 1 unspecified atom stereocenters. The number of quaternary nitrogens is 1. The summed E-state index contributed by atoms with van der Waals surface area (Å²) in [7, 11) is 5.62. The maximum atomic E-state index is 10.7. The maximum Gasteiger partial charge on any atom is 0.303 e. The maximum absolute atomic E-state index is 10.7. The van der Waals surface area contributed by atoms with E-state index in [1.54, 1.807) is 0 Å². The Balaban J connectivity index is 4.24. The van der Waals surface area contributed by atoms with E-state index in [1.165, 1.54) is 6.92 Å². The van der Waals surface area contributed by atoms with Crippen LogP contribution in [0.15, 0.2) is 0 Å². The molecule has 0 heterocycles. The lowest BCUT2D eigenvalue weighted by atomic mass is 10.2. The molecule has 0 aliphatic carbocycles. The second-order valence-electron chi connectivity index (χ2n) is 4.11. The van der Waals surface area contributed by atoms with Gasteiger partial charge in [0, 0.05) is 12.9 Å². The van der Waals surface area contributed by atoms with Crippen molar-refractivity contribution in [3.05, 3.63) is 6.42 Å². The highest BCUT2D eigenvalue weighted by Crippen LogP contribution is 2.03. The molecule has 0 aliphatic rings. The molecule has 0 saturated carbocycles. The van der Waals surface area contributed by atoms with Gasteiger partial charge >= 0.3 is 5.97 Å². The van der Waals surface area contributed by atoms with Crippen molar-refractivity contribution in [1.29, 1.82) is 0 Å². The van der Waals surface area contributed by atoms with Gasteiger partial charge in [-0.25, -0.2) is 0 Å². The summed E-state index contributed by atoms with van der Waals surface area (Å²) in [6.07, 6.45) is 0.141. The molecule has 5 nitrogen and oxygen atoms in total. The minimum atomic E-state index is -1.33. The van der Waals surface area contributed by atoms with Crippen molar-refractivity contribution in [3.8, 4) is 0 Å². The van der Waals surface area contributed by atoms with Gasteiger partial charge in [-0.1, -0.05) is 0 Å². The van der Waals surface area contributed by atoms with Crippen LogP contribution in [-0.2, 0) is 14.3 Å². The van der Waals surface area contributed by atoms with E-state index in [-0.39, 0.29) is 0 Å². The zero-order chi connectivity index (χ0) is 11.4. The van der Waals surface area contributed by atoms with Gasteiger partial charge < -0.3 is 19.1 Å². The molecule has 0 fully saturated rings. The van der Waals surface area contributed by atoms with Crippen LogP contribution in [0.2, 0.25) is 0 Å². The fourth-order valence-electron chi connectivity index (χ4n) is 1.03. The van der Waals surface area contributed by atoms with Gasteiger partial charge in [0.15, 0.2) is 6.10 Å². The van der Waals surface area contributed by atoms with Crippen molar-refractivity contribution in [2.75, 3.05) is 27.7 Å². The van der Waals surface area contributed by atoms with Gasteiger partial charge in [0.25, 0.3) is 0 Å². The van der Waals surface area contributed by atoms with E-state index in [2.05, 4.69) is 0 Å². The van der Waals surface area contributed by atoms with Gasteiger partial charge in [-0.3, -0.25) is 4.79 Å². The number of ether oxygens (including phenoxy) is 1. The van der Waals surface area contributed by atoms with E-state index in [0.717, 1.165) is 6.42 Å². The molecule has 0 N–H and O–H groups in total. The Kier molecular flexibility index (Phi) is 4.56. The first-order valence-corrected chi connectivity index (χ1v) is 4.24. The first kappa shape index (κ1) is 12.9. The second kappa shape index (κ2) is 4.95. The van der Waals surface area contributed by atoms with Crippen LogP contribution in [0.25, 0.3) is 0 Å². The highest BCUT2D eigenvalue weighted by molar-refractivity contribution is 5.76. The molecule has 0 saturated heterocycles. The molecule has 1 atom stereocenters. The second-order valence-corrected chi connectivity index (χ2v) is 4.11. The van der Waals surface area contributed by atoms with E-state index in [4.69, 9.17) is 4.74 Å². The number of hydrogen-bond acceptors (Lipinski definition) is 4. The average Bonchev–Trinajstić information content (AvgIpc) is 1.77. The molecule has 0 spiro atoms. The summed E-state index contributed by atoms with van der Waals surface area (Å²) in [6.45, 7) is 1.64. The highest BCUT2D eigenvalue weighted by Gasteiger charge is 2.21. The van der Waals surface area contributed by atoms with Crippen LogP contribution in [0, 0.1) is 6.42 Å². The Bertz CT molecular complexity index is 203. The standard InChI is InChI=1S/C9H16NO4/c1-7(11)14-8(5-9(12)13)6-10(2,3)4/h5,8H,6H2,1-4H3. The average molecular weight is 202 g/mol. The molecule has 0 bridgehead atoms. The van der Waals surface area contributed by atoms with Crippen LogP contribution in [0.1, 0.15) is 6.92 Å². The quantitative estimate of drug-likeness (QED) is 0.405. The fraction of sp³-hybridized carbons (Fsp3) is 0.667. The SMILES string of the molecule is CC(=O)OC([CH]C(=O)[O-])C[N+](C)(C)C. The zero-order valence-corrected chi connectivity index (χ0v) is 8.94. The van der Waals surface area contributed by atoms with E-state index < -0.39 is 18.0 Å². The Morgan fingerprint density at radius 3 is 2.21 bits per heavy atom. The molecule has 0 aromatic heterocycles. The largest absolute Gasteiger partial charge is 0.550 e. The molecule has 0 aromatic carbocycles. The molecule has 1 radical (unpaired) electrons. The Hall–Kier alpha value is -1.10. The minimum Gasteiger partial charge on any atom is -0.550 e. The third-order valence-corrected chi connectivity index (χ3v) is 1.37. The smallest absolute Gasteiger partial charge is 0.303 e. The van der Waals surface area contributed by atoms with Crippen LogP contribution in [-0.4, -0.2) is 50.2 Å². The summed E-state index contributed by atoms with van der Waals surface area (Å²) in [5.41, 5.74) is 0. The molecule has 0 aromatic rings. The number of carboxylic acids is 1. The van der Waals surface area contributed by atoms with Gasteiger partial charge in [-0.15, -0.1) is 0 Å². The third kappa shape index (κ3) is 7.54. The molecule has 0 rings (SSSR count). The number of likely N-dealkylation sites (N-methyl/N-ethyl adjacent to an activating group) is 1. The first-order valence-electron chi connectivity index (χ1n) is 4.24. The van der Waals surface area contributed by atoms with E-state index in [0.29, 0.717) is 11.0 Å². The number of rotatable bonds is 5. The lowest BCUT2D eigenvalue weighted by molar-refractivity contribution is -0.872. The number of hydrogen-bond donors (Lipinski definition) is 0. The fourth-order valence-corrected chi connectivity index (χ4v) is 1.03. The summed E-state index contributed by atoms with van der Waals surface area (Å²) in [5, 5.41) is 10.3. The monoisotopic (exact) mass is 202 g/mol. The molecule has 0 aliphatic heterocycles. The lowest BCUT2D eigenvalue weighted by Crippen LogP contribution is -2.45. The predicted molar refractivity (Wildman–Crippen MR) is 47.8 cm³/mol. The van der Waals surface area contributed by atoms with Crippen molar-refractivity contribution < 1.29 is 23.9 Å². The van der Waals surface area contributed by atoms with Crippen LogP contribution >= 0.6 is 0 Å². The summed E-state index contributed by atoms with van der Waals surface area (Å²) < 4.78 is 5.31. The zero-order valence-electron chi connectivity index (χ0n) is 8.94. The predicted octanol–water partition coefficient (Wildman–Crippen LogP) is -1.42. The van der Waals surface area contributed by atoms with Crippen molar-refractivity contribution in [1.82, 2.24) is 0 Å². The summed E-state index contributed by atoms with van der Waals surface area (Å²) >= 11 is 0. The van der Waals surface area contributed by atoms with Crippen molar-refractivity contribution in [2.45, 2.75) is 13.0 Å².